The number of nitrogens with zero attached hydrogens (tertiary/aromatic N) is 1. The summed E-state index contributed by atoms with van der Waals surface area (Å²) in [6, 6.07) is 67.2. The van der Waals surface area contributed by atoms with E-state index in [1.165, 1.54) is 48.0 Å². The Morgan fingerprint density at radius 1 is 0.373 bits per heavy atom. The highest BCUT2D eigenvalue weighted by molar-refractivity contribution is 7.26. The van der Waals surface area contributed by atoms with Crippen LogP contribution in [0.25, 0.3) is 75.5 Å². The van der Waals surface area contributed by atoms with Gasteiger partial charge in [-0.2, -0.15) is 0 Å². The molecule has 0 spiro atoms. The maximum Gasteiger partial charge on any atom is 0.160 e. The van der Waals surface area contributed by atoms with E-state index in [-0.39, 0.29) is 0 Å². The molecule has 2 heterocycles. The Balaban J connectivity index is 1.18. The summed E-state index contributed by atoms with van der Waals surface area (Å²) in [5.41, 5.74) is 12.1. The van der Waals surface area contributed by atoms with Crippen LogP contribution in [0.1, 0.15) is 0 Å². The number of furan rings is 1. The van der Waals surface area contributed by atoms with Gasteiger partial charge >= 0.3 is 0 Å². The van der Waals surface area contributed by atoms with E-state index >= 15 is 0 Å². The Bertz CT molecular complexity index is 2830. The highest BCUT2D eigenvalue weighted by atomic mass is 32.1. The summed E-state index contributed by atoms with van der Waals surface area (Å²) < 4.78 is 9.39. The van der Waals surface area contributed by atoms with Crippen molar-refractivity contribution in [3.63, 3.8) is 0 Å². The van der Waals surface area contributed by atoms with Crippen LogP contribution < -0.4 is 4.90 Å². The lowest BCUT2D eigenvalue weighted by Crippen LogP contribution is -2.10. The maximum absolute atomic E-state index is 6.85. The second kappa shape index (κ2) is 12.2. The van der Waals surface area contributed by atoms with Crippen molar-refractivity contribution in [3.8, 4) is 33.4 Å². The lowest BCUT2D eigenvalue weighted by atomic mass is 9.97. The molecule has 3 heteroatoms. The van der Waals surface area contributed by atoms with E-state index in [4.69, 9.17) is 4.42 Å². The van der Waals surface area contributed by atoms with Crippen molar-refractivity contribution in [2.75, 3.05) is 4.90 Å². The van der Waals surface area contributed by atoms with Crippen LogP contribution in [0.4, 0.5) is 17.1 Å². The molecule has 0 N–H and O–H groups in total. The lowest BCUT2D eigenvalue weighted by Gasteiger charge is -2.27. The fourth-order valence-electron chi connectivity index (χ4n) is 7.49. The van der Waals surface area contributed by atoms with Crippen LogP contribution in [0, 0.1) is 0 Å². The van der Waals surface area contributed by atoms with Crippen LogP contribution in [-0.4, -0.2) is 0 Å². The second-order valence-corrected chi connectivity index (χ2v) is 14.0. The lowest BCUT2D eigenvalue weighted by molar-refractivity contribution is 0.669. The van der Waals surface area contributed by atoms with Crippen LogP contribution in [0.15, 0.2) is 192 Å². The Labute approximate surface area is 300 Å². The van der Waals surface area contributed by atoms with Crippen LogP contribution in [0.5, 0.6) is 0 Å². The van der Waals surface area contributed by atoms with Crippen LogP contribution in [0.3, 0.4) is 0 Å². The minimum atomic E-state index is 0.870. The number of thiophene rings is 1. The van der Waals surface area contributed by atoms with E-state index < -0.39 is 0 Å². The van der Waals surface area contributed by atoms with E-state index in [0.717, 1.165) is 44.6 Å². The van der Waals surface area contributed by atoms with Gasteiger partial charge in [0.15, 0.2) is 5.58 Å². The number of anilines is 3. The third-order valence-electron chi connectivity index (χ3n) is 9.90. The number of benzene rings is 8. The van der Waals surface area contributed by atoms with Gasteiger partial charge < -0.3 is 9.32 Å². The smallest absolute Gasteiger partial charge is 0.160 e. The van der Waals surface area contributed by atoms with E-state index in [2.05, 4.69) is 187 Å². The normalized spacial score (nSPS) is 11.5. The van der Waals surface area contributed by atoms with Crippen LogP contribution in [0.2, 0.25) is 0 Å². The third-order valence-corrected chi connectivity index (χ3v) is 11.0. The summed E-state index contributed by atoms with van der Waals surface area (Å²) in [7, 11) is 0. The Morgan fingerprint density at radius 3 is 1.67 bits per heavy atom. The summed E-state index contributed by atoms with van der Waals surface area (Å²) >= 11 is 1.84. The molecule has 2 aromatic heterocycles. The first kappa shape index (κ1) is 29.5. The van der Waals surface area contributed by atoms with Gasteiger partial charge in [-0.15, -0.1) is 11.3 Å². The first-order chi connectivity index (χ1) is 25.3. The highest BCUT2D eigenvalue weighted by Crippen LogP contribution is 2.49. The van der Waals surface area contributed by atoms with Gasteiger partial charge in [0.1, 0.15) is 5.58 Å². The number of fused-ring (bicyclic) bond motifs is 6. The van der Waals surface area contributed by atoms with E-state index in [1.54, 1.807) is 0 Å². The molecule has 10 rings (SSSR count). The zero-order valence-electron chi connectivity index (χ0n) is 27.7. The average molecular weight is 670 g/mol. The van der Waals surface area contributed by atoms with Crippen LogP contribution in [-0.2, 0) is 0 Å². The largest absolute Gasteiger partial charge is 0.454 e. The minimum Gasteiger partial charge on any atom is -0.454 e. The van der Waals surface area contributed by atoms with E-state index in [0.29, 0.717) is 0 Å². The molecular weight excluding hydrogens is 639 g/mol. The van der Waals surface area contributed by atoms with Gasteiger partial charge in [-0.05, 0) is 75.8 Å². The third kappa shape index (κ3) is 5.01. The average Bonchev–Trinajstić information content (AvgIpc) is 3.79. The monoisotopic (exact) mass is 669 g/mol. The van der Waals surface area contributed by atoms with Crippen molar-refractivity contribution < 1.29 is 4.42 Å². The van der Waals surface area contributed by atoms with Gasteiger partial charge in [0, 0.05) is 36.6 Å². The van der Waals surface area contributed by atoms with Crippen molar-refractivity contribution in [1.82, 2.24) is 0 Å². The molecule has 0 saturated heterocycles. The molecule has 0 fully saturated rings. The second-order valence-electron chi connectivity index (χ2n) is 12.9. The molecule has 2 nitrogen and oxygen atoms in total. The van der Waals surface area contributed by atoms with Crippen molar-refractivity contribution in [1.29, 1.82) is 0 Å². The number of hydrogen-bond donors (Lipinski definition) is 0. The van der Waals surface area contributed by atoms with Gasteiger partial charge in [0.25, 0.3) is 0 Å². The molecule has 240 valence electrons. The van der Waals surface area contributed by atoms with Crippen molar-refractivity contribution in [2.24, 2.45) is 0 Å². The van der Waals surface area contributed by atoms with Gasteiger partial charge in [-0.3, -0.25) is 0 Å². The zero-order chi connectivity index (χ0) is 33.7. The molecule has 0 bridgehead atoms. The topological polar surface area (TPSA) is 16.4 Å². The quantitative estimate of drug-likeness (QED) is 0.175. The molecule has 0 atom stereocenters. The summed E-state index contributed by atoms with van der Waals surface area (Å²) in [6.45, 7) is 0. The number of para-hydroxylation sites is 1. The molecule has 8 aromatic carbocycles. The SMILES string of the molecule is c1ccc(-c2ccc(-c3ccc(N(c4ccc(-c5ccccc5)c5c4oc4ccccc45)c4cccc5sc6ccccc6c45)cc3)cc2)cc1. The summed E-state index contributed by atoms with van der Waals surface area (Å²) in [6.07, 6.45) is 0. The van der Waals surface area contributed by atoms with Gasteiger partial charge in [-0.1, -0.05) is 146 Å². The van der Waals surface area contributed by atoms with Crippen molar-refractivity contribution in [3.05, 3.63) is 188 Å². The van der Waals surface area contributed by atoms with Crippen molar-refractivity contribution in [2.45, 2.75) is 0 Å². The Kier molecular flexibility index (Phi) is 7.04. The highest BCUT2D eigenvalue weighted by Gasteiger charge is 2.24. The van der Waals surface area contributed by atoms with Crippen LogP contribution >= 0.6 is 11.3 Å². The van der Waals surface area contributed by atoms with Gasteiger partial charge in [-0.25, -0.2) is 0 Å². The Hall–Kier alpha value is -6.42. The predicted octanol–water partition coefficient (Wildman–Crippen LogP) is 14.4. The predicted molar refractivity (Wildman–Crippen MR) is 218 cm³/mol. The number of hydrogen-bond acceptors (Lipinski definition) is 3. The van der Waals surface area contributed by atoms with Gasteiger partial charge in [0.05, 0.1) is 11.4 Å². The molecule has 0 aliphatic heterocycles. The molecule has 51 heavy (non-hydrogen) atoms. The fraction of sp³-hybridized carbons (Fsp3) is 0. The minimum absolute atomic E-state index is 0.870. The summed E-state index contributed by atoms with van der Waals surface area (Å²) in [5.74, 6) is 0. The summed E-state index contributed by atoms with van der Waals surface area (Å²) in [4.78, 5) is 2.39. The molecule has 0 aliphatic carbocycles. The molecule has 10 aromatic rings. The summed E-state index contributed by atoms with van der Waals surface area (Å²) in [5, 5.41) is 4.74. The van der Waals surface area contributed by atoms with E-state index in [1.807, 2.05) is 17.4 Å². The molecule has 0 saturated carbocycles. The molecular formula is C48H31NOS. The molecule has 0 radical (unpaired) electrons. The van der Waals surface area contributed by atoms with Crippen molar-refractivity contribution >= 4 is 70.5 Å². The zero-order valence-corrected chi connectivity index (χ0v) is 28.5. The first-order valence-corrected chi connectivity index (χ1v) is 18.1. The standard InChI is InChI=1S/C48H31NOS/c1-3-12-32(13-4-1)33-22-24-34(25-23-33)35-26-28-37(29-27-35)49(41-18-11-21-45-47(41)40-17-8-10-20-44(40)51-45)42-31-30-38(36-14-5-2-6-15-36)46-39-16-7-9-19-43(39)50-48(42)46/h1-31H. The van der Waals surface area contributed by atoms with E-state index in [9.17, 15) is 0 Å². The fourth-order valence-corrected chi connectivity index (χ4v) is 8.61. The molecule has 0 aliphatic rings. The first-order valence-electron chi connectivity index (χ1n) is 17.3. The Morgan fingerprint density at radius 2 is 0.941 bits per heavy atom. The molecule has 0 amide bonds. The van der Waals surface area contributed by atoms with Gasteiger partial charge in [0.2, 0.25) is 0 Å². The maximum atomic E-state index is 6.85. The molecule has 0 unspecified atom stereocenters. The number of rotatable bonds is 6.